The fraction of sp³-hybridized carbons (Fsp3) is 0.235. The second-order valence-corrected chi connectivity index (χ2v) is 8.13. The van der Waals surface area contributed by atoms with E-state index in [0.717, 1.165) is 16.4 Å². The molecule has 0 aliphatic rings. The first-order chi connectivity index (χ1) is 12.5. The van der Waals surface area contributed by atoms with E-state index in [0.29, 0.717) is 17.2 Å². The molecule has 0 aliphatic carbocycles. The molecule has 0 saturated carbocycles. The molecule has 0 saturated heterocycles. The van der Waals surface area contributed by atoms with Crippen LogP contribution >= 0.6 is 11.6 Å². The van der Waals surface area contributed by atoms with Crippen molar-refractivity contribution in [2.75, 3.05) is 14.1 Å². The van der Waals surface area contributed by atoms with Gasteiger partial charge in [0.2, 0.25) is 10.0 Å². The first-order valence-corrected chi connectivity index (χ1v) is 9.42. The Labute approximate surface area is 159 Å². The molecule has 2 aromatic rings. The first kappa shape index (κ1) is 21.2. The summed E-state index contributed by atoms with van der Waals surface area (Å²) in [5.41, 5.74) is -0.433. The highest BCUT2D eigenvalue weighted by atomic mass is 35.5. The van der Waals surface area contributed by atoms with E-state index in [1.807, 2.05) is 0 Å². The van der Waals surface area contributed by atoms with Crippen LogP contribution in [0.15, 0.2) is 47.4 Å². The lowest BCUT2D eigenvalue weighted by Gasteiger charge is -2.20. The Morgan fingerprint density at radius 1 is 1.15 bits per heavy atom. The predicted molar refractivity (Wildman–Crippen MR) is 94.9 cm³/mol. The minimum atomic E-state index is -4.87. The summed E-state index contributed by atoms with van der Waals surface area (Å²) in [6.45, 7) is -0.170. The number of benzene rings is 2. The number of carbonyl (C=O) groups is 1. The maximum Gasteiger partial charge on any atom is 0.417 e. The number of halogens is 4. The summed E-state index contributed by atoms with van der Waals surface area (Å²) in [7, 11) is -1.77. The molecular formula is C17H16ClF3N2O3S. The number of nitrogens with zero attached hydrogens (tertiary/aromatic N) is 1. The number of carbonyl (C=O) groups excluding carboxylic acids is 1. The maximum absolute atomic E-state index is 13.2. The molecule has 0 bridgehead atoms. The lowest BCUT2D eigenvalue weighted by atomic mass is 10.1. The Morgan fingerprint density at radius 3 is 2.26 bits per heavy atom. The third-order valence-corrected chi connectivity index (χ3v) is 5.88. The van der Waals surface area contributed by atoms with E-state index in [1.165, 1.54) is 38.4 Å². The van der Waals surface area contributed by atoms with Crippen LogP contribution in [0.5, 0.6) is 0 Å². The molecule has 2 aromatic carbocycles. The molecule has 1 N–H and O–H groups in total. The van der Waals surface area contributed by atoms with Crippen molar-refractivity contribution in [3.8, 4) is 0 Å². The average molecular weight is 421 g/mol. The van der Waals surface area contributed by atoms with E-state index in [4.69, 9.17) is 11.6 Å². The van der Waals surface area contributed by atoms with Gasteiger partial charge in [-0.2, -0.15) is 17.5 Å². The second kappa shape index (κ2) is 7.87. The summed E-state index contributed by atoms with van der Waals surface area (Å²) < 4.78 is 65.8. The Bertz CT molecular complexity index is 945. The number of sulfonamides is 1. The molecule has 0 unspecified atom stereocenters. The molecule has 10 heteroatoms. The predicted octanol–water partition coefficient (Wildman–Crippen LogP) is 3.54. The lowest BCUT2D eigenvalue weighted by molar-refractivity contribution is -0.139. The van der Waals surface area contributed by atoms with Gasteiger partial charge < -0.3 is 5.32 Å². The van der Waals surface area contributed by atoms with Crippen LogP contribution in [-0.4, -0.2) is 32.7 Å². The second-order valence-electron chi connectivity index (χ2n) is 5.68. The monoisotopic (exact) mass is 420 g/mol. The van der Waals surface area contributed by atoms with Gasteiger partial charge in [0, 0.05) is 31.2 Å². The summed E-state index contributed by atoms with van der Waals surface area (Å²) in [5.74, 6) is -0.307. The van der Waals surface area contributed by atoms with Crippen molar-refractivity contribution < 1.29 is 26.4 Å². The van der Waals surface area contributed by atoms with Crippen molar-refractivity contribution in [1.82, 2.24) is 9.62 Å². The Kier molecular flexibility index (Phi) is 6.18. The van der Waals surface area contributed by atoms with Crippen LogP contribution in [0, 0.1) is 0 Å². The molecule has 0 spiro atoms. The van der Waals surface area contributed by atoms with Gasteiger partial charge in [0.15, 0.2) is 0 Å². The van der Waals surface area contributed by atoms with Crippen molar-refractivity contribution in [2.45, 2.75) is 17.6 Å². The largest absolute Gasteiger partial charge is 0.417 e. The molecule has 1 amide bonds. The van der Waals surface area contributed by atoms with Gasteiger partial charge in [-0.3, -0.25) is 4.79 Å². The van der Waals surface area contributed by atoms with Gasteiger partial charge in [-0.25, -0.2) is 8.42 Å². The SMILES string of the molecule is CNC(=O)c1ccc(CN(C)S(=O)(=O)c2ccc(Cl)cc2C(F)(F)F)cc1. The van der Waals surface area contributed by atoms with Crippen LogP contribution in [0.25, 0.3) is 0 Å². The number of rotatable bonds is 5. The molecule has 5 nitrogen and oxygen atoms in total. The molecule has 0 radical (unpaired) electrons. The first-order valence-electron chi connectivity index (χ1n) is 7.61. The molecule has 0 aliphatic heterocycles. The standard InChI is InChI=1S/C17H16ClF3N2O3S/c1-22-16(24)12-5-3-11(4-6-12)10-23(2)27(25,26)15-8-7-13(18)9-14(15)17(19,20)21/h3-9H,10H2,1-2H3,(H,22,24). The van der Waals surface area contributed by atoms with Crippen molar-refractivity contribution >= 4 is 27.5 Å². The van der Waals surface area contributed by atoms with E-state index in [9.17, 15) is 26.4 Å². The highest BCUT2D eigenvalue weighted by Crippen LogP contribution is 2.36. The van der Waals surface area contributed by atoms with E-state index < -0.39 is 26.7 Å². The molecular weight excluding hydrogens is 405 g/mol. The Morgan fingerprint density at radius 2 is 1.74 bits per heavy atom. The summed E-state index contributed by atoms with van der Waals surface area (Å²) in [5, 5.41) is 2.24. The zero-order chi connectivity index (χ0) is 20.4. The number of nitrogens with one attached hydrogen (secondary N) is 1. The van der Waals surface area contributed by atoms with Crippen LogP contribution in [0.2, 0.25) is 5.02 Å². The number of amides is 1. The van der Waals surface area contributed by atoms with Crippen molar-refractivity contribution in [3.05, 3.63) is 64.2 Å². The van der Waals surface area contributed by atoms with Gasteiger partial charge in [0.05, 0.1) is 10.5 Å². The Balaban J connectivity index is 2.33. The van der Waals surface area contributed by atoms with Crippen LogP contribution in [-0.2, 0) is 22.7 Å². The molecule has 0 aromatic heterocycles. The van der Waals surface area contributed by atoms with Crippen LogP contribution in [0.1, 0.15) is 21.5 Å². The fourth-order valence-corrected chi connectivity index (χ4v) is 3.88. The highest BCUT2D eigenvalue weighted by Gasteiger charge is 2.38. The van der Waals surface area contributed by atoms with Gasteiger partial charge in [-0.05, 0) is 35.9 Å². The van der Waals surface area contributed by atoms with E-state index in [1.54, 1.807) is 0 Å². The van der Waals surface area contributed by atoms with Crippen LogP contribution in [0.3, 0.4) is 0 Å². The van der Waals surface area contributed by atoms with E-state index in [-0.39, 0.29) is 17.5 Å². The summed E-state index contributed by atoms with van der Waals surface area (Å²) in [6, 6.07) is 8.57. The molecule has 146 valence electrons. The summed E-state index contributed by atoms with van der Waals surface area (Å²) >= 11 is 5.59. The molecule has 0 fully saturated rings. The average Bonchev–Trinajstić information content (AvgIpc) is 2.60. The van der Waals surface area contributed by atoms with Crippen molar-refractivity contribution in [3.63, 3.8) is 0 Å². The molecule has 2 rings (SSSR count). The number of hydrogen-bond acceptors (Lipinski definition) is 3. The number of hydrogen-bond donors (Lipinski definition) is 1. The zero-order valence-electron chi connectivity index (χ0n) is 14.3. The number of alkyl halides is 3. The molecule has 0 heterocycles. The molecule has 27 heavy (non-hydrogen) atoms. The van der Waals surface area contributed by atoms with Crippen molar-refractivity contribution in [1.29, 1.82) is 0 Å². The van der Waals surface area contributed by atoms with Crippen molar-refractivity contribution in [2.24, 2.45) is 0 Å². The third-order valence-electron chi connectivity index (χ3n) is 3.78. The van der Waals surface area contributed by atoms with Gasteiger partial charge in [-0.1, -0.05) is 23.7 Å². The minimum absolute atomic E-state index is 0.170. The quantitative estimate of drug-likeness (QED) is 0.804. The van der Waals surface area contributed by atoms with Crippen LogP contribution in [0.4, 0.5) is 13.2 Å². The summed E-state index contributed by atoms with van der Waals surface area (Å²) in [4.78, 5) is 10.6. The Hall–Kier alpha value is -2.10. The maximum atomic E-state index is 13.2. The van der Waals surface area contributed by atoms with Gasteiger partial charge >= 0.3 is 6.18 Å². The third kappa shape index (κ3) is 4.79. The molecule has 0 atom stereocenters. The smallest absolute Gasteiger partial charge is 0.355 e. The van der Waals surface area contributed by atoms with Crippen LogP contribution < -0.4 is 5.32 Å². The zero-order valence-corrected chi connectivity index (χ0v) is 15.9. The van der Waals surface area contributed by atoms with Gasteiger partial charge in [-0.15, -0.1) is 0 Å². The highest BCUT2D eigenvalue weighted by molar-refractivity contribution is 7.89. The summed E-state index contributed by atoms with van der Waals surface area (Å²) in [6.07, 6.45) is -4.87. The van der Waals surface area contributed by atoms with E-state index in [2.05, 4.69) is 5.32 Å². The van der Waals surface area contributed by atoms with E-state index >= 15 is 0 Å². The lowest BCUT2D eigenvalue weighted by Crippen LogP contribution is -2.28. The van der Waals surface area contributed by atoms with Gasteiger partial charge in [0.25, 0.3) is 5.91 Å². The normalized spacial score (nSPS) is 12.3. The fourth-order valence-electron chi connectivity index (χ4n) is 2.36. The minimum Gasteiger partial charge on any atom is -0.355 e. The topological polar surface area (TPSA) is 66.5 Å². The van der Waals surface area contributed by atoms with Gasteiger partial charge in [0.1, 0.15) is 0 Å².